The van der Waals surface area contributed by atoms with Gasteiger partial charge in [0, 0.05) is 15.8 Å². The molecule has 4 rings (SSSR count). The van der Waals surface area contributed by atoms with E-state index in [9.17, 15) is 4.79 Å². The number of aryl methyl sites for hydroxylation is 2. The Kier molecular flexibility index (Phi) is 4.88. The van der Waals surface area contributed by atoms with Gasteiger partial charge in [-0.2, -0.15) is 9.61 Å². The smallest absolute Gasteiger partial charge is 0.285 e. The predicted molar refractivity (Wildman–Crippen MR) is 112 cm³/mol. The second kappa shape index (κ2) is 7.32. The number of halogens is 1. The number of H-pyrrole nitrogens is 1. The Hall–Kier alpha value is -2.38. The molecule has 0 aliphatic rings. The van der Waals surface area contributed by atoms with Crippen LogP contribution < -0.4 is 5.69 Å². The average molecular weight is 441 g/mol. The molecule has 0 atom stereocenters. The minimum atomic E-state index is -0.279. The van der Waals surface area contributed by atoms with Crippen LogP contribution in [-0.4, -0.2) is 19.6 Å². The van der Waals surface area contributed by atoms with Gasteiger partial charge in [0.25, 0.3) is 0 Å². The number of aromatic nitrogens is 4. The van der Waals surface area contributed by atoms with E-state index in [2.05, 4.69) is 45.1 Å². The number of thioether (sulfide) groups is 1. The van der Waals surface area contributed by atoms with Crippen LogP contribution in [0.2, 0.25) is 0 Å². The van der Waals surface area contributed by atoms with Crippen LogP contribution in [-0.2, 0) is 5.75 Å². The molecular formula is C20H17BrN4OS. The molecule has 0 radical (unpaired) electrons. The molecule has 2 heterocycles. The van der Waals surface area contributed by atoms with E-state index in [1.807, 2.05) is 43.3 Å². The molecule has 0 aliphatic carbocycles. The first-order chi connectivity index (χ1) is 13.0. The van der Waals surface area contributed by atoms with Crippen LogP contribution in [0.5, 0.6) is 0 Å². The van der Waals surface area contributed by atoms with Gasteiger partial charge >= 0.3 is 5.69 Å². The lowest BCUT2D eigenvalue weighted by molar-refractivity contribution is 0.779. The van der Waals surface area contributed by atoms with Gasteiger partial charge < -0.3 is 0 Å². The summed E-state index contributed by atoms with van der Waals surface area (Å²) in [6.07, 6.45) is 0. The van der Waals surface area contributed by atoms with Crippen molar-refractivity contribution in [2.75, 3.05) is 0 Å². The third-order valence-corrected chi connectivity index (χ3v) is 5.86. The highest BCUT2D eigenvalue weighted by molar-refractivity contribution is 9.10. The number of hydrogen-bond donors (Lipinski definition) is 1. The van der Waals surface area contributed by atoms with E-state index in [0.717, 1.165) is 27.0 Å². The van der Waals surface area contributed by atoms with Crippen molar-refractivity contribution in [1.82, 2.24) is 19.6 Å². The van der Waals surface area contributed by atoms with Crippen molar-refractivity contribution in [1.29, 1.82) is 0 Å². The number of nitrogens with zero attached hydrogens (tertiary/aromatic N) is 3. The monoisotopic (exact) mass is 440 g/mol. The second-order valence-electron chi connectivity index (χ2n) is 6.26. The number of rotatable bonds is 4. The zero-order chi connectivity index (χ0) is 19.0. The van der Waals surface area contributed by atoms with Gasteiger partial charge in [-0.05, 0) is 42.7 Å². The molecular weight excluding hydrogens is 424 g/mol. The topological polar surface area (TPSA) is 63.1 Å². The van der Waals surface area contributed by atoms with Crippen LogP contribution in [0.4, 0.5) is 0 Å². The summed E-state index contributed by atoms with van der Waals surface area (Å²) in [6, 6.07) is 16.2. The summed E-state index contributed by atoms with van der Waals surface area (Å²) in [5.74, 6) is 0.743. The highest BCUT2D eigenvalue weighted by atomic mass is 79.9. The lowest BCUT2D eigenvalue weighted by Crippen LogP contribution is -2.19. The van der Waals surface area contributed by atoms with E-state index < -0.39 is 0 Å². The van der Waals surface area contributed by atoms with E-state index >= 15 is 0 Å². The van der Waals surface area contributed by atoms with Gasteiger partial charge in [-0.1, -0.05) is 64.1 Å². The van der Waals surface area contributed by atoms with Gasteiger partial charge in [0.1, 0.15) is 0 Å². The van der Waals surface area contributed by atoms with Crippen LogP contribution in [0.15, 0.2) is 63.0 Å². The summed E-state index contributed by atoms with van der Waals surface area (Å²) in [4.78, 5) is 20.0. The minimum Gasteiger partial charge on any atom is -0.285 e. The molecule has 0 saturated carbocycles. The number of aromatic amines is 1. The minimum absolute atomic E-state index is 0.279. The summed E-state index contributed by atoms with van der Waals surface area (Å²) in [6.45, 7) is 3.98. The van der Waals surface area contributed by atoms with Crippen molar-refractivity contribution in [2.24, 2.45) is 0 Å². The quantitative estimate of drug-likeness (QED) is 0.464. The first-order valence-electron chi connectivity index (χ1n) is 8.46. The molecule has 136 valence electrons. The Bertz CT molecular complexity index is 1180. The molecule has 2 aromatic carbocycles. The van der Waals surface area contributed by atoms with Gasteiger partial charge in [-0.15, -0.1) is 0 Å². The number of nitrogens with one attached hydrogen (secondary N) is 1. The second-order valence-corrected chi connectivity index (χ2v) is 8.14. The molecule has 7 heteroatoms. The van der Waals surface area contributed by atoms with E-state index in [1.54, 1.807) is 0 Å². The largest absolute Gasteiger partial charge is 0.350 e. The van der Waals surface area contributed by atoms with Gasteiger partial charge in [0.2, 0.25) is 0 Å². The fourth-order valence-electron chi connectivity index (χ4n) is 2.97. The molecule has 1 N–H and O–H groups in total. The molecule has 2 aromatic heterocycles. The molecule has 4 aromatic rings. The standard InChI is InChI=1S/C20H17BrN4OS/c1-12-5-3-4-6-15(12)11-27-19-22-18-17(14-7-9-16(21)10-8-14)13(2)24-25(18)20(26)23-19/h3-10H,11H2,1-2H3,(H,22,23,26). The van der Waals surface area contributed by atoms with E-state index in [1.165, 1.54) is 27.4 Å². The van der Waals surface area contributed by atoms with Crippen molar-refractivity contribution in [3.8, 4) is 11.1 Å². The van der Waals surface area contributed by atoms with Crippen molar-refractivity contribution < 1.29 is 0 Å². The van der Waals surface area contributed by atoms with Crippen LogP contribution in [0, 0.1) is 13.8 Å². The zero-order valence-corrected chi connectivity index (χ0v) is 17.3. The SMILES string of the molecule is Cc1ccccc1CSc1nc2c(-c3ccc(Br)cc3)c(C)nn2c(=O)[nH]1. The summed E-state index contributed by atoms with van der Waals surface area (Å²) in [7, 11) is 0. The van der Waals surface area contributed by atoms with Gasteiger partial charge in [0.15, 0.2) is 10.8 Å². The fourth-order valence-corrected chi connectivity index (χ4v) is 4.16. The predicted octanol–water partition coefficient (Wildman–Crippen LogP) is 4.76. The Balaban J connectivity index is 1.76. The van der Waals surface area contributed by atoms with Crippen molar-refractivity contribution >= 4 is 33.3 Å². The van der Waals surface area contributed by atoms with Crippen molar-refractivity contribution in [2.45, 2.75) is 24.8 Å². The van der Waals surface area contributed by atoms with Crippen LogP contribution in [0.3, 0.4) is 0 Å². The third-order valence-electron chi connectivity index (χ3n) is 4.41. The third kappa shape index (κ3) is 3.57. The number of benzene rings is 2. The Labute approximate surface area is 169 Å². The van der Waals surface area contributed by atoms with E-state index in [0.29, 0.717) is 10.8 Å². The van der Waals surface area contributed by atoms with Crippen molar-refractivity contribution in [3.05, 3.63) is 80.3 Å². The number of hydrogen-bond acceptors (Lipinski definition) is 4. The molecule has 0 amide bonds. The zero-order valence-electron chi connectivity index (χ0n) is 14.9. The maximum Gasteiger partial charge on any atom is 0.350 e. The van der Waals surface area contributed by atoms with Gasteiger partial charge in [-0.3, -0.25) is 4.98 Å². The summed E-state index contributed by atoms with van der Waals surface area (Å²) < 4.78 is 2.34. The molecule has 0 fully saturated rings. The fraction of sp³-hybridized carbons (Fsp3) is 0.150. The maximum atomic E-state index is 12.5. The van der Waals surface area contributed by atoms with E-state index in [-0.39, 0.29) is 5.69 Å². The molecule has 5 nitrogen and oxygen atoms in total. The van der Waals surface area contributed by atoms with Gasteiger partial charge in [0.05, 0.1) is 5.69 Å². The molecule has 0 spiro atoms. The van der Waals surface area contributed by atoms with Crippen molar-refractivity contribution in [3.63, 3.8) is 0 Å². The molecule has 0 saturated heterocycles. The average Bonchev–Trinajstić information content (AvgIpc) is 2.98. The summed E-state index contributed by atoms with van der Waals surface area (Å²) in [5, 5.41) is 4.97. The molecule has 27 heavy (non-hydrogen) atoms. The Morgan fingerprint density at radius 2 is 1.85 bits per heavy atom. The first-order valence-corrected chi connectivity index (χ1v) is 10.2. The Morgan fingerprint density at radius 3 is 2.59 bits per heavy atom. The van der Waals surface area contributed by atoms with Crippen LogP contribution in [0.1, 0.15) is 16.8 Å². The maximum absolute atomic E-state index is 12.5. The molecule has 0 aliphatic heterocycles. The highest BCUT2D eigenvalue weighted by Crippen LogP contribution is 2.29. The Morgan fingerprint density at radius 1 is 1.11 bits per heavy atom. The lowest BCUT2D eigenvalue weighted by Gasteiger charge is -2.06. The number of fused-ring (bicyclic) bond motifs is 1. The highest BCUT2D eigenvalue weighted by Gasteiger charge is 2.16. The summed E-state index contributed by atoms with van der Waals surface area (Å²) >= 11 is 4.97. The lowest BCUT2D eigenvalue weighted by atomic mass is 10.1. The van der Waals surface area contributed by atoms with Gasteiger partial charge in [-0.25, -0.2) is 9.78 Å². The normalized spacial score (nSPS) is 11.2. The van der Waals surface area contributed by atoms with Crippen LogP contribution in [0.25, 0.3) is 16.8 Å². The molecule has 0 unspecified atom stereocenters. The summed E-state index contributed by atoms with van der Waals surface area (Å²) in [5.41, 5.74) is 5.39. The molecule has 0 bridgehead atoms. The van der Waals surface area contributed by atoms with Crippen LogP contribution >= 0.6 is 27.7 Å². The van der Waals surface area contributed by atoms with E-state index in [4.69, 9.17) is 4.98 Å². The first kappa shape index (κ1) is 18.0.